The summed E-state index contributed by atoms with van der Waals surface area (Å²) in [5, 5.41) is 11.3. The molecule has 2 aromatic rings. The molecule has 2 heterocycles. The van der Waals surface area contributed by atoms with Gasteiger partial charge in [0.25, 0.3) is 0 Å². The van der Waals surface area contributed by atoms with Gasteiger partial charge in [-0.05, 0) is 38.7 Å². The van der Waals surface area contributed by atoms with Crippen molar-refractivity contribution in [2.75, 3.05) is 20.6 Å². The molecule has 1 N–H and O–H groups in total. The van der Waals surface area contributed by atoms with Crippen LogP contribution in [0.15, 0.2) is 42.6 Å². The topological polar surface area (TPSA) is 45.6 Å². The summed E-state index contributed by atoms with van der Waals surface area (Å²) in [5.74, 6) is 1.33. The zero-order valence-corrected chi connectivity index (χ0v) is 11.7. The summed E-state index contributed by atoms with van der Waals surface area (Å²) in [5.41, 5.74) is 0.281. The zero-order valence-electron chi connectivity index (χ0n) is 11.7. The second-order valence-corrected chi connectivity index (χ2v) is 5.36. The number of hydrogen-bond donors (Lipinski definition) is 1. The largest absolute Gasteiger partial charge is 0.455 e. The Morgan fingerprint density at radius 2 is 1.90 bits per heavy atom. The van der Waals surface area contributed by atoms with Gasteiger partial charge in [0.1, 0.15) is 17.0 Å². The highest BCUT2D eigenvalue weighted by atomic mass is 16.5. The minimum Gasteiger partial charge on any atom is -0.455 e. The lowest BCUT2D eigenvalue weighted by atomic mass is 9.84. The highest BCUT2D eigenvalue weighted by Crippen LogP contribution is 2.47. The molecular weight excluding hydrogens is 252 g/mol. The van der Waals surface area contributed by atoms with E-state index in [9.17, 15) is 5.11 Å². The minimum absolute atomic E-state index is 0.574. The van der Waals surface area contributed by atoms with Gasteiger partial charge in [-0.2, -0.15) is 0 Å². The quantitative estimate of drug-likeness (QED) is 0.930. The van der Waals surface area contributed by atoms with E-state index in [1.54, 1.807) is 6.20 Å². The lowest BCUT2D eigenvalue weighted by Crippen LogP contribution is -2.35. The molecule has 0 saturated carbocycles. The third-order valence-corrected chi connectivity index (χ3v) is 3.64. The van der Waals surface area contributed by atoms with E-state index in [-0.39, 0.29) is 0 Å². The molecule has 20 heavy (non-hydrogen) atoms. The number of benzene rings is 1. The zero-order chi connectivity index (χ0) is 14.2. The number of fused-ring (bicyclic) bond motifs is 2. The molecular formula is C16H18N2O2. The highest BCUT2D eigenvalue weighted by Gasteiger charge is 2.41. The van der Waals surface area contributed by atoms with Crippen LogP contribution in [0, 0.1) is 0 Å². The number of nitrogens with zero attached hydrogens (tertiary/aromatic N) is 2. The molecule has 1 aliphatic rings. The molecule has 1 aromatic heterocycles. The van der Waals surface area contributed by atoms with Crippen molar-refractivity contribution in [2.45, 2.75) is 12.0 Å². The number of aromatic nitrogens is 1. The molecule has 0 aliphatic carbocycles. The van der Waals surface area contributed by atoms with Crippen LogP contribution in [-0.2, 0) is 5.60 Å². The average molecular weight is 270 g/mol. The van der Waals surface area contributed by atoms with Crippen molar-refractivity contribution in [3.05, 3.63) is 53.9 Å². The van der Waals surface area contributed by atoms with E-state index in [0.29, 0.717) is 23.6 Å². The number of hydrogen-bond acceptors (Lipinski definition) is 4. The lowest BCUT2D eigenvalue weighted by Gasteiger charge is -2.35. The molecule has 1 aliphatic heterocycles. The standard InChI is InChI=1S/C16H18N2O2/c1-18(2)11-9-16(19)12-6-3-4-7-13(12)20-14-8-5-10-17-15(14)16/h3-8,10,19H,9,11H2,1-2H3/t16-/m1/s1. The molecule has 0 spiro atoms. The Labute approximate surface area is 118 Å². The van der Waals surface area contributed by atoms with Crippen LogP contribution in [0.5, 0.6) is 11.5 Å². The van der Waals surface area contributed by atoms with Crippen molar-refractivity contribution in [1.29, 1.82) is 0 Å². The second kappa shape index (κ2) is 4.89. The summed E-state index contributed by atoms with van der Waals surface area (Å²) in [6, 6.07) is 11.3. The Bertz CT molecular complexity index is 580. The third kappa shape index (κ3) is 2.07. The van der Waals surface area contributed by atoms with E-state index >= 15 is 0 Å². The van der Waals surface area contributed by atoms with Crippen molar-refractivity contribution in [3.63, 3.8) is 0 Å². The second-order valence-electron chi connectivity index (χ2n) is 5.36. The molecule has 3 rings (SSSR count). The third-order valence-electron chi connectivity index (χ3n) is 3.64. The summed E-state index contributed by atoms with van der Waals surface area (Å²) >= 11 is 0. The fourth-order valence-corrected chi connectivity index (χ4v) is 2.57. The molecule has 0 unspecified atom stereocenters. The van der Waals surface area contributed by atoms with Gasteiger partial charge >= 0.3 is 0 Å². The van der Waals surface area contributed by atoms with Crippen molar-refractivity contribution in [1.82, 2.24) is 9.88 Å². The molecule has 0 saturated heterocycles. The van der Waals surface area contributed by atoms with Gasteiger partial charge in [0, 0.05) is 18.3 Å². The van der Waals surface area contributed by atoms with Gasteiger partial charge in [-0.3, -0.25) is 4.98 Å². The fraction of sp³-hybridized carbons (Fsp3) is 0.312. The van der Waals surface area contributed by atoms with Crippen molar-refractivity contribution >= 4 is 0 Å². The first kappa shape index (κ1) is 13.1. The van der Waals surface area contributed by atoms with Gasteiger partial charge in [0.15, 0.2) is 5.75 Å². The number of aliphatic hydroxyl groups is 1. The average Bonchev–Trinajstić information content (AvgIpc) is 2.46. The van der Waals surface area contributed by atoms with E-state index in [0.717, 1.165) is 12.1 Å². The number of pyridine rings is 1. The molecule has 0 fully saturated rings. The molecule has 0 radical (unpaired) electrons. The summed E-state index contributed by atoms with van der Waals surface area (Å²) in [6.07, 6.45) is 2.27. The SMILES string of the molecule is CN(C)CC[C@@]1(O)c2ccccc2Oc2cccnc21. The van der Waals surface area contributed by atoms with Gasteiger partial charge < -0.3 is 14.7 Å². The van der Waals surface area contributed by atoms with Gasteiger partial charge in [0.05, 0.1) is 0 Å². The Morgan fingerprint density at radius 1 is 1.15 bits per heavy atom. The van der Waals surface area contributed by atoms with Gasteiger partial charge in [-0.1, -0.05) is 18.2 Å². The molecule has 4 heteroatoms. The van der Waals surface area contributed by atoms with E-state index in [4.69, 9.17) is 4.74 Å². The van der Waals surface area contributed by atoms with Crippen molar-refractivity contribution in [2.24, 2.45) is 0 Å². The van der Waals surface area contributed by atoms with Gasteiger partial charge in [-0.25, -0.2) is 0 Å². The first-order valence-corrected chi connectivity index (χ1v) is 6.71. The van der Waals surface area contributed by atoms with Crippen molar-refractivity contribution < 1.29 is 9.84 Å². The van der Waals surface area contributed by atoms with E-state index in [1.807, 2.05) is 50.5 Å². The Balaban J connectivity index is 2.12. The van der Waals surface area contributed by atoms with Crippen LogP contribution in [0.25, 0.3) is 0 Å². The van der Waals surface area contributed by atoms with Crippen molar-refractivity contribution in [3.8, 4) is 11.5 Å². The number of ether oxygens (including phenoxy) is 1. The monoisotopic (exact) mass is 270 g/mol. The highest BCUT2D eigenvalue weighted by molar-refractivity contribution is 5.52. The predicted molar refractivity (Wildman–Crippen MR) is 76.9 cm³/mol. The van der Waals surface area contributed by atoms with Crippen LogP contribution in [0.1, 0.15) is 17.7 Å². The Morgan fingerprint density at radius 3 is 2.70 bits per heavy atom. The first-order chi connectivity index (χ1) is 9.61. The molecule has 4 nitrogen and oxygen atoms in total. The summed E-state index contributed by atoms with van der Waals surface area (Å²) in [4.78, 5) is 6.41. The molecule has 1 atom stereocenters. The Hall–Kier alpha value is -1.91. The van der Waals surface area contributed by atoms with Crippen LogP contribution >= 0.6 is 0 Å². The maximum absolute atomic E-state index is 11.3. The van der Waals surface area contributed by atoms with Gasteiger partial charge in [0.2, 0.25) is 0 Å². The normalized spacial score (nSPS) is 20.2. The van der Waals surface area contributed by atoms with Crippen LogP contribution < -0.4 is 4.74 Å². The maximum atomic E-state index is 11.3. The van der Waals surface area contributed by atoms with Gasteiger partial charge in [-0.15, -0.1) is 0 Å². The maximum Gasteiger partial charge on any atom is 0.152 e. The predicted octanol–water partition coefficient (Wildman–Crippen LogP) is 2.37. The first-order valence-electron chi connectivity index (χ1n) is 6.71. The van der Waals surface area contributed by atoms with Crippen LogP contribution in [-0.4, -0.2) is 35.6 Å². The van der Waals surface area contributed by atoms with E-state index in [2.05, 4.69) is 9.88 Å². The molecule has 1 aromatic carbocycles. The fourth-order valence-electron chi connectivity index (χ4n) is 2.57. The summed E-state index contributed by atoms with van der Waals surface area (Å²) in [7, 11) is 3.99. The number of rotatable bonds is 3. The molecule has 0 bridgehead atoms. The Kier molecular flexibility index (Phi) is 3.20. The van der Waals surface area contributed by atoms with Crippen LogP contribution in [0.2, 0.25) is 0 Å². The summed E-state index contributed by atoms with van der Waals surface area (Å²) in [6.45, 7) is 0.765. The minimum atomic E-state index is -1.10. The summed E-state index contributed by atoms with van der Waals surface area (Å²) < 4.78 is 5.84. The number of para-hydroxylation sites is 1. The van der Waals surface area contributed by atoms with E-state index < -0.39 is 5.60 Å². The smallest absolute Gasteiger partial charge is 0.152 e. The van der Waals surface area contributed by atoms with E-state index in [1.165, 1.54) is 0 Å². The molecule has 104 valence electrons. The van der Waals surface area contributed by atoms with Crippen LogP contribution in [0.3, 0.4) is 0 Å². The van der Waals surface area contributed by atoms with Crippen LogP contribution in [0.4, 0.5) is 0 Å². The molecule has 0 amide bonds. The lowest BCUT2D eigenvalue weighted by molar-refractivity contribution is 0.0482.